The van der Waals surface area contributed by atoms with Crippen LogP contribution in [-0.2, 0) is 14.6 Å². The van der Waals surface area contributed by atoms with E-state index in [9.17, 15) is 13.2 Å². The summed E-state index contributed by atoms with van der Waals surface area (Å²) in [5.74, 6) is -0.209. The molecule has 25 heavy (non-hydrogen) atoms. The number of rotatable bonds is 4. The highest BCUT2D eigenvalue weighted by atomic mass is 35.5. The topological polar surface area (TPSA) is 75.3 Å². The maximum Gasteiger partial charge on any atom is 0.224 e. The van der Waals surface area contributed by atoms with Crippen LogP contribution in [0.15, 0.2) is 23.1 Å². The lowest BCUT2D eigenvalue weighted by Gasteiger charge is -2.38. The van der Waals surface area contributed by atoms with Gasteiger partial charge in [-0.3, -0.25) is 4.79 Å². The zero-order valence-corrected chi connectivity index (χ0v) is 16.0. The Kier molecular flexibility index (Phi) is 5.42. The fraction of sp³-hybridized carbons (Fsp3) is 0.611. The van der Waals surface area contributed by atoms with Crippen LogP contribution in [0.1, 0.15) is 44.1 Å². The number of benzene rings is 1. The van der Waals surface area contributed by atoms with E-state index in [1.165, 1.54) is 0 Å². The standard InChI is InChI=1S/C18H25ClN2O3S/c1-13-15(19)8-4-9-16(13)25(23,24)18(10-5-11-20-12-18)21-17(22)14-6-2-3-7-14/h4,8-9,14,20H,2-3,5-7,10-12H2,1H3,(H,21,22)/t18-/m0/s1. The molecule has 7 heteroatoms. The Morgan fingerprint density at radius 3 is 2.64 bits per heavy atom. The molecule has 2 fully saturated rings. The maximum absolute atomic E-state index is 13.5. The van der Waals surface area contributed by atoms with E-state index in [4.69, 9.17) is 11.6 Å². The molecule has 1 amide bonds. The summed E-state index contributed by atoms with van der Waals surface area (Å²) in [6.07, 6.45) is 4.85. The second kappa shape index (κ2) is 7.25. The van der Waals surface area contributed by atoms with Crippen LogP contribution < -0.4 is 10.6 Å². The molecule has 1 aromatic carbocycles. The minimum absolute atomic E-state index is 0.0746. The van der Waals surface area contributed by atoms with Crippen molar-refractivity contribution in [3.05, 3.63) is 28.8 Å². The molecule has 1 saturated carbocycles. The Morgan fingerprint density at radius 1 is 1.28 bits per heavy atom. The quantitative estimate of drug-likeness (QED) is 0.836. The first-order valence-corrected chi connectivity index (χ1v) is 10.8. The molecule has 0 spiro atoms. The van der Waals surface area contributed by atoms with Crippen molar-refractivity contribution < 1.29 is 13.2 Å². The Morgan fingerprint density at radius 2 is 2.00 bits per heavy atom. The molecule has 138 valence electrons. The fourth-order valence-corrected chi connectivity index (χ4v) is 6.25. The van der Waals surface area contributed by atoms with Gasteiger partial charge in [-0.25, -0.2) is 8.42 Å². The molecule has 0 bridgehead atoms. The summed E-state index contributed by atoms with van der Waals surface area (Å²) >= 11 is 6.15. The lowest BCUT2D eigenvalue weighted by atomic mass is 10.0. The van der Waals surface area contributed by atoms with Gasteiger partial charge in [0.1, 0.15) is 0 Å². The monoisotopic (exact) mass is 384 g/mol. The zero-order valence-electron chi connectivity index (χ0n) is 14.5. The molecule has 2 aliphatic rings. The van der Waals surface area contributed by atoms with Gasteiger partial charge in [0.25, 0.3) is 0 Å². The summed E-state index contributed by atoms with van der Waals surface area (Å²) in [6, 6.07) is 4.90. The number of hydrogen-bond donors (Lipinski definition) is 2. The summed E-state index contributed by atoms with van der Waals surface area (Å²) in [6.45, 7) is 2.68. The molecule has 1 atom stereocenters. The van der Waals surface area contributed by atoms with E-state index in [1.807, 2.05) is 0 Å². The largest absolute Gasteiger partial charge is 0.335 e. The summed E-state index contributed by atoms with van der Waals surface area (Å²) in [7, 11) is -3.78. The number of piperidine rings is 1. The van der Waals surface area contributed by atoms with Crippen molar-refractivity contribution in [1.82, 2.24) is 10.6 Å². The molecule has 1 aromatic rings. The Balaban J connectivity index is 1.99. The third kappa shape index (κ3) is 3.44. The average Bonchev–Trinajstić information content (AvgIpc) is 3.12. The van der Waals surface area contributed by atoms with Crippen molar-refractivity contribution in [1.29, 1.82) is 0 Å². The lowest BCUT2D eigenvalue weighted by Crippen LogP contribution is -2.63. The Bertz CT molecular complexity index is 752. The van der Waals surface area contributed by atoms with E-state index in [0.717, 1.165) is 32.2 Å². The molecule has 1 aliphatic heterocycles. The molecule has 3 rings (SSSR count). The van der Waals surface area contributed by atoms with Crippen molar-refractivity contribution >= 4 is 27.3 Å². The first-order valence-electron chi connectivity index (χ1n) is 8.90. The van der Waals surface area contributed by atoms with E-state index in [1.54, 1.807) is 25.1 Å². The predicted molar refractivity (Wildman–Crippen MR) is 98.3 cm³/mol. The smallest absolute Gasteiger partial charge is 0.224 e. The minimum atomic E-state index is -3.78. The Labute approximate surface area is 154 Å². The van der Waals surface area contributed by atoms with Crippen LogP contribution in [0.4, 0.5) is 0 Å². The van der Waals surface area contributed by atoms with Crippen LogP contribution in [0.25, 0.3) is 0 Å². The van der Waals surface area contributed by atoms with Gasteiger partial charge in [0.05, 0.1) is 4.90 Å². The number of halogens is 1. The number of carbonyl (C=O) groups excluding carboxylic acids is 1. The van der Waals surface area contributed by atoms with E-state index < -0.39 is 14.7 Å². The molecular weight excluding hydrogens is 360 g/mol. The average molecular weight is 385 g/mol. The summed E-state index contributed by atoms with van der Waals surface area (Å²) in [5, 5.41) is 6.50. The highest BCUT2D eigenvalue weighted by Gasteiger charge is 2.48. The van der Waals surface area contributed by atoms with E-state index in [0.29, 0.717) is 23.4 Å². The summed E-state index contributed by atoms with van der Waals surface area (Å²) < 4.78 is 27.0. The maximum atomic E-state index is 13.5. The number of hydrogen-bond acceptors (Lipinski definition) is 4. The number of amides is 1. The SMILES string of the molecule is Cc1c(Cl)cccc1S(=O)(=O)[C@@]1(NC(=O)C2CCCC2)CCCNC1. The predicted octanol–water partition coefficient (Wildman–Crippen LogP) is 2.81. The molecule has 0 radical (unpaired) electrons. The van der Waals surface area contributed by atoms with Crippen molar-refractivity contribution in [2.24, 2.45) is 5.92 Å². The normalized spacial score (nSPS) is 25.0. The van der Waals surface area contributed by atoms with Crippen molar-refractivity contribution in [3.8, 4) is 0 Å². The van der Waals surface area contributed by atoms with Gasteiger partial charge in [-0.1, -0.05) is 30.5 Å². The number of carbonyl (C=O) groups is 1. The third-order valence-electron chi connectivity index (χ3n) is 5.44. The first-order chi connectivity index (χ1) is 11.9. The van der Waals surface area contributed by atoms with Gasteiger partial charge >= 0.3 is 0 Å². The summed E-state index contributed by atoms with van der Waals surface area (Å²) in [4.78, 5) is 11.6. The zero-order chi connectivity index (χ0) is 18.1. The lowest BCUT2D eigenvalue weighted by molar-refractivity contribution is -0.126. The minimum Gasteiger partial charge on any atom is -0.335 e. The van der Waals surface area contributed by atoms with Crippen LogP contribution in [-0.4, -0.2) is 32.3 Å². The highest BCUT2D eigenvalue weighted by molar-refractivity contribution is 7.93. The molecule has 0 aromatic heterocycles. The molecular formula is C18H25ClN2O3S. The summed E-state index contributed by atoms with van der Waals surface area (Å²) in [5.41, 5.74) is 0.532. The van der Waals surface area contributed by atoms with E-state index >= 15 is 0 Å². The van der Waals surface area contributed by atoms with Crippen LogP contribution in [0.5, 0.6) is 0 Å². The number of sulfone groups is 1. The van der Waals surface area contributed by atoms with E-state index in [2.05, 4.69) is 10.6 Å². The molecule has 1 saturated heterocycles. The van der Waals surface area contributed by atoms with Gasteiger partial charge in [-0.05, 0) is 56.8 Å². The van der Waals surface area contributed by atoms with Gasteiger partial charge in [0, 0.05) is 17.5 Å². The first kappa shape index (κ1) is 18.7. The van der Waals surface area contributed by atoms with Crippen molar-refractivity contribution in [2.75, 3.05) is 13.1 Å². The van der Waals surface area contributed by atoms with Gasteiger partial charge in [0.15, 0.2) is 4.87 Å². The van der Waals surface area contributed by atoms with E-state index in [-0.39, 0.29) is 23.3 Å². The molecule has 1 aliphatic carbocycles. The van der Waals surface area contributed by atoms with Gasteiger partial charge in [-0.15, -0.1) is 0 Å². The Hall–Kier alpha value is -1.11. The van der Waals surface area contributed by atoms with Gasteiger partial charge in [-0.2, -0.15) is 0 Å². The second-order valence-corrected chi connectivity index (χ2v) is 9.75. The molecule has 1 heterocycles. The van der Waals surface area contributed by atoms with Crippen LogP contribution in [0.2, 0.25) is 5.02 Å². The molecule has 5 nitrogen and oxygen atoms in total. The molecule has 0 unspecified atom stereocenters. The van der Waals surface area contributed by atoms with Crippen molar-refractivity contribution in [3.63, 3.8) is 0 Å². The van der Waals surface area contributed by atoms with Crippen molar-refractivity contribution in [2.45, 2.75) is 55.2 Å². The van der Waals surface area contributed by atoms with Crippen LogP contribution >= 0.6 is 11.6 Å². The number of nitrogens with one attached hydrogen (secondary N) is 2. The second-order valence-electron chi connectivity index (χ2n) is 7.11. The molecule has 2 N–H and O–H groups in total. The van der Waals surface area contributed by atoms with Gasteiger partial charge < -0.3 is 10.6 Å². The van der Waals surface area contributed by atoms with Gasteiger partial charge in [0.2, 0.25) is 15.7 Å². The fourth-order valence-electron chi connectivity index (χ4n) is 3.88. The third-order valence-corrected chi connectivity index (χ3v) is 8.35. The van der Waals surface area contributed by atoms with Crippen LogP contribution in [0.3, 0.4) is 0 Å². The highest BCUT2D eigenvalue weighted by Crippen LogP contribution is 2.35. The van der Waals surface area contributed by atoms with Crippen LogP contribution in [0, 0.1) is 12.8 Å².